The van der Waals surface area contributed by atoms with Crippen molar-refractivity contribution in [2.75, 3.05) is 11.9 Å². The van der Waals surface area contributed by atoms with Gasteiger partial charge < -0.3 is 15.4 Å². The largest absolute Gasteiger partial charge is 0.491 e. The molecule has 21 heavy (non-hydrogen) atoms. The highest BCUT2D eigenvalue weighted by molar-refractivity contribution is 7.09. The zero-order chi connectivity index (χ0) is 15.1. The standard InChI is InChI=1S/C15H17ClN2O2S/c1-2-7-20-14-6-5-11(16)9-13(14)18-15(19)17-10-12-4-3-8-21-12/h3-6,8-9H,2,7,10H2,1H3,(H2,17,18,19). The van der Waals surface area contributed by atoms with E-state index in [4.69, 9.17) is 16.3 Å². The lowest BCUT2D eigenvalue weighted by Gasteiger charge is -2.13. The number of urea groups is 1. The molecular weight excluding hydrogens is 308 g/mol. The number of nitrogens with one attached hydrogen (secondary N) is 2. The van der Waals surface area contributed by atoms with Crippen LogP contribution in [0.4, 0.5) is 10.5 Å². The third-order valence-corrected chi connectivity index (χ3v) is 3.77. The number of hydrogen-bond donors (Lipinski definition) is 2. The molecule has 2 N–H and O–H groups in total. The molecule has 2 amide bonds. The van der Waals surface area contributed by atoms with Gasteiger partial charge >= 0.3 is 6.03 Å². The van der Waals surface area contributed by atoms with E-state index in [1.54, 1.807) is 29.5 Å². The second kappa shape index (κ2) is 7.90. The summed E-state index contributed by atoms with van der Waals surface area (Å²) in [6, 6.07) is 8.81. The van der Waals surface area contributed by atoms with E-state index in [1.165, 1.54) is 0 Å². The van der Waals surface area contributed by atoms with E-state index in [9.17, 15) is 4.79 Å². The van der Waals surface area contributed by atoms with Crippen molar-refractivity contribution in [3.8, 4) is 5.75 Å². The molecule has 112 valence electrons. The summed E-state index contributed by atoms with van der Waals surface area (Å²) >= 11 is 7.57. The Kier molecular flexibility index (Phi) is 5.90. The van der Waals surface area contributed by atoms with E-state index in [0.717, 1.165) is 11.3 Å². The maximum atomic E-state index is 11.9. The van der Waals surface area contributed by atoms with Gasteiger partial charge in [-0.3, -0.25) is 0 Å². The van der Waals surface area contributed by atoms with Crippen LogP contribution in [0.1, 0.15) is 18.2 Å². The molecule has 0 aliphatic carbocycles. The number of amides is 2. The first kappa shape index (κ1) is 15.7. The van der Waals surface area contributed by atoms with Gasteiger partial charge in [-0.1, -0.05) is 24.6 Å². The molecule has 4 nitrogen and oxygen atoms in total. The molecule has 0 fully saturated rings. The summed E-state index contributed by atoms with van der Waals surface area (Å²) in [5, 5.41) is 8.09. The lowest BCUT2D eigenvalue weighted by molar-refractivity contribution is 0.251. The summed E-state index contributed by atoms with van der Waals surface area (Å²) in [5.74, 6) is 0.618. The second-order valence-corrected chi connectivity index (χ2v) is 5.84. The molecule has 1 aromatic carbocycles. The van der Waals surface area contributed by atoms with Crippen molar-refractivity contribution in [1.82, 2.24) is 5.32 Å². The number of ether oxygens (including phenoxy) is 1. The quantitative estimate of drug-likeness (QED) is 0.821. The molecule has 0 radical (unpaired) electrons. The van der Waals surface area contributed by atoms with Gasteiger partial charge in [0.15, 0.2) is 0 Å². The van der Waals surface area contributed by atoms with Gasteiger partial charge in [-0.15, -0.1) is 11.3 Å². The summed E-state index contributed by atoms with van der Waals surface area (Å²) < 4.78 is 5.59. The van der Waals surface area contributed by atoms with Crippen LogP contribution in [-0.2, 0) is 6.54 Å². The van der Waals surface area contributed by atoms with E-state index in [2.05, 4.69) is 10.6 Å². The molecule has 2 rings (SSSR count). The molecule has 0 saturated carbocycles. The van der Waals surface area contributed by atoms with Crippen LogP contribution in [0.15, 0.2) is 35.7 Å². The van der Waals surface area contributed by atoms with Crippen molar-refractivity contribution in [2.24, 2.45) is 0 Å². The second-order valence-electron chi connectivity index (χ2n) is 4.38. The number of benzene rings is 1. The average Bonchev–Trinajstić information content (AvgIpc) is 2.98. The highest BCUT2D eigenvalue weighted by Crippen LogP contribution is 2.28. The fraction of sp³-hybridized carbons (Fsp3) is 0.267. The average molecular weight is 325 g/mol. The normalized spacial score (nSPS) is 10.2. The Morgan fingerprint density at radius 2 is 2.24 bits per heavy atom. The van der Waals surface area contributed by atoms with Crippen LogP contribution in [0, 0.1) is 0 Å². The molecule has 0 aliphatic heterocycles. The first-order chi connectivity index (χ1) is 10.2. The molecule has 0 atom stereocenters. The third-order valence-electron chi connectivity index (χ3n) is 2.65. The van der Waals surface area contributed by atoms with Crippen molar-refractivity contribution >= 4 is 34.7 Å². The Morgan fingerprint density at radius 1 is 1.38 bits per heavy atom. The summed E-state index contributed by atoms with van der Waals surface area (Å²) in [6.07, 6.45) is 0.895. The monoisotopic (exact) mass is 324 g/mol. The van der Waals surface area contributed by atoms with Crippen molar-refractivity contribution < 1.29 is 9.53 Å². The summed E-state index contributed by atoms with van der Waals surface area (Å²) in [7, 11) is 0. The van der Waals surface area contributed by atoms with Crippen LogP contribution in [-0.4, -0.2) is 12.6 Å². The van der Waals surface area contributed by atoms with Gasteiger partial charge in [0.05, 0.1) is 18.8 Å². The Bertz CT molecular complexity index is 587. The fourth-order valence-corrected chi connectivity index (χ4v) is 2.50. The molecule has 1 aromatic heterocycles. The zero-order valence-corrected chi connectivity index (χ0v) is 13.3. The van der Waals surface area contributed by atoms with Crippen LogP contribution in [0.5, 0.6) is 5.75 Å². The highest BCUT2D eigenvalue weighted by atomic mass is 35.5. The van der Waals surface area contributed by atoms with Gasteiger partial charge in [0.25, 0.3) is 0 Å². The van der Waals surface area contributed by atoms with Crippen molar-refractivity contribution in [3.05, 3.63) is 45.6 Å². The third kappa shape index (κ3) is 4.95. The summed E-state index contributed by atoms with van der Waals surface area (Å²) in [4.78, 5) is 13.0. The minimum absolute atomic E-state index is 0.285. The summed E-state index contributed by atoms with van der Waals surface area (Å²) in [6.45, 7) is 3.11. The van der Waals surface area contributed by atoms with Gasteiger partial charge in [-0.2, -0.15) is 0 Å². The first-order valence-electron chi connectivity index (χ1n) is 6.68. The minimum Gasteiger partial charge on any atom is -0.491 e. The highest BCUT2D eigenvalue weighted by Gasteiger charge is 2.09. The number of anilines is 1. The van der Waals surface area contributed by atoms with Crippen LogP contribution in [0.2, 0.25) is 5.02 Å². The number of hydrogen-bond acceptors (Lipinski definition) is 3. The molecule has 0 bridgehead atoms. The molecule has 1 heterocycles. The van der Waals surface area contributed by atoms with E-state index < -0.39 is 0 Å². The number of rotatable bonds is 6. The topological polar surface area (TPSA) is 50.4 Å². The lowest BCUT2D eigenvalue weighted by Crippen LogP contribution is -2.28. The van der Waals surface area contributed by atoms with Crippen LogP contribution < -0.4 is 15.4 Å². The molecular formula is C15H17ClN2O2S. The molecule has 0 spiro atoms. The van der Waals surface area contributed by atoms with Gasteiger partial charge in [0.1, 0.15) is 5.75 Å². The number of carbonyl (C=O) groups excluding carboxylic acids is 1. The molecule has 2 aromatic rings. The fourth-order valence-electron chi connectivity index (χ4n) is 1.68. The predicted octanol–water partition coefficient (Wildman–Crippen LogP) is 4.51. The van der Waals surface area contributed by atoms with E-state index in [0.29, 0.717) is 29.6 Å². The van der Waals surface area contributed by atoms with E-state index >= 15 is 0 Å². The smallest absolute Gasteiger partial charge is 0.319 e. The number of carbonyl (C=O) groups is 1. The lowest BCUT2D eigenvalue weighted by atomic mass is 10.3. The number of halogens is 1. The van der Waals surface area contributed by atoms with Crippen molar-refractivity contribution in [1.29, 1.82) is 0 Å². The van der Waals surface area contributed by atoms with Gasteiger partial charge in [0.2, 0.25) is 0 Å². The SMILES string of the molecule is CCCOc1ccc(Cl)cc1NC(=O)NCc1cccs1. The zero-order valence-electron chi connectivity index (χ0n) is 11.7. The van der Waals surface area contributed by atoms with Crippen LogP contribution >= 0.6 is 22.9 Å². The Hall–Kier alpha value is -1.72. The summed E-state index contributed by atoms with van der Waals surface area (Å²) in [5.41, 5.74) is 0.569. The van der Waals surface area contributed by atoms with E-state index in [-0.39, 0.29) is 6.03 Å². The predicted molar refractivity (Wildman–Crippen MR) is 87.4 cm³/mol. The van der Waals surface area contributed by atoms with Gasteiger partial charge in [-0.25, -0.2) is 4.79 Å². The van der Waals surface area contributed by atoms with Crippen molar-refractivity contribution in [2.45, 2.75) is 19.9 Å². The maximum Gasteiger partial charge on any atom is 0.319 e. The van der Waals surface area contributed by atoms with Gasteiger partial charge in [0, 0.05) is 9.90 Å². The Balaban J connectivity index is 1.96. The van der Waals surface area contributed by atoms with Gasteiger partial charge in [-0.05, 0) is 36.1 Å². The van der Waals surface area contributed by atoms with E-state index in [1.807, 2.05) is 24.4 Å². The molecule has 0 unspecified atom stereocenters. The van der Waals surface area contributed by atoms with Crippen LogP contribution in [0.25, 0.3) is 0 Å². The maximum absolute atomic E-state index is 11.9. The number of thiophene rings is 1. The first-order valence-corrected chi connectivity index (χ1v) is 7.94. The Morgan fingerprint density at radius 3 is 2.95 bits per heavy atom. The van der Waals surface area contributed by atoms with Crippen molar-refractivity contribution in [3.63, 3.8) is 0 Å². The van der Waals surface area contributed by atoms with Crippen LogP contribution in [0.3, 0.4) is 0 Å². The molecule has 0 saturated heterocycles. The minimum atomic E-state index is -0.285. The molecule has 6 heteroatoms. The Labute approximate surface area is 133 Å². The molecule has 0 aliphatic rings.